The molecule has 0 fully saturated rings. The highest BCUT2D eigenvalue weighted by Gasteiger charge is 2.39. The van der Waals surface area contributed by atoms with Crippen molar-refractivity contribution in [2.45, 2.75) is 71.8 Å². The van der Waals surface area contributed by atoms with Crippen molar-refractivity contribution in [3.05, 3.63) is 0 Å². The molecule has 2 N–H and O–H groups in total. The van der Waals surface area contributed by atoms with Crippen LogP contribution in [0.25, 0.3) is 0 Å². The molecule has 0 heterocycles. The fourth-order valence-electron chi connectivity index (χ4n) is 2.56. The molecule has 0 spiro atoms. The summed E-state index contributed by atoms with van der Waals surface area (Å²) in [6.07, 6.45) is 5.87. The van der Waals surface area contributed by atoms with Crippen molar-refractivity contribution in [1.29, 1.82) is 0 Å². The summed E-state index contributed by atoms with van der Waals surface area (Å²) in [7, 11) is 0. The highest BCUT2D eigenvalue weighted by atomic mass is 32.5. The Bertz CT molecular complexity index is 248. The summed E-state index contributed by atoms with van der Waals surface area (Å²) in [5.41, 5.74) is -0.469. The molecule has 0 aromatic heterocycles. The first-order valence-electron chi connectivity index (χ1n) is 6.61. The van der Waals surface area contributed by atoms with Crippen LogP contribution in [0.2, 0.25) is 0 Å². The maximum Gasteiger partial charge on any atom is 0.322 e. The zero-order valence-corrected chi connectivity index (χ0v) is 13.2. The van der Waals surface area contributed by atoms with Gasteiger partial charge in [-0.1, -0.05) is 47.0 Å². The van der Waals surface area contributed by atoms with Crippen LogP contribution in [0, 0.1) is 5.92 Å². The lowest BCUT2D eigenvalue weighted by Gasteiger charge is -2.40. The lowest BCUT2D eigenvalue weighted by Crippen LogP contribution is -2.38. The Kier molecular flexibility index (Phi) is 8.10. The van der Waals surface area contributed by atoms with Crippen LogP contribution >= 0.6 is 6.72 Å². The molecule has 0 bridgehead atoms. The van der Waals surface area contributed by atoms with Crippen LogP contribution in [0.4, 0.5) is 0 Å². The van der Waals surface area contributed by atoms with Gasteiger partial charge in [0.25, 0.3) is 0 Å². The van der Waals surface area contributed by atoms with Crippen molar-refractivity contribution in [3.8, 4) is 0 Å². The molecule has 1 unspecified atom stereocenters. The average molecular weight is 282 g/mol. The van der Waals surface area contributed by atoms with Gasteiger partial charge in [0.1, 0.15) is 0 Å². The molecule has 0 amide bonds. The molecule has 0 aliphatic heterocycles. The summed E-state index contributed by atoms with van der Waals surface area (Å²) < 4.78 is 5.51. The number of rotatable bonds is 9. The van der Waals surface area contributed by atoms with Crippen LogP contribution in [0.3, 0.4) is 0 Å². The lowest BCUT2D eigenvalue weighted by molar-refractivity contribution is -0.0164. The van der Waals surface area contributed by atoms with Crippen LogP contribution in [0.5, 0.6) is 0 Å². The van der Waals surface area contributed by atoms with Crippen molar-refractivity contribution in [1.82, 2.24) is 0 Å². The van der Waals surface area contributed by atoms with E-state index in [1.54, 1.807) is 0 Å². The third-order valence-corrected chi connectivity index (χ3v) is 4.47. The molecule has 0 aliphatic carbocycles. The molecule has 1 atom stereocenters. The predicted molar refractivity (Wildman–Crippen MR) is 76.4 cm³/mol. The number of hydrogen-bond acceptors (Lipinski definition) is 2. The predicted octanol–water partition coefficient (Wildman–Crippen LogP) is 3.99. The monoisotopic (exact) mass is 282 g/mol. The third-order valence-electron chi connectivity index (χ3n) is 3.64. The minimum Gasteiger partial charge on any atom is -0.325 e. The van der Waals surface area contributed by atoms with E-state index in [1.165, 1.54) is 0 Å². The van der Waals surface area contributed by atoms with Crippen molar-refractivity contribution in [3.63, 3.8) is 0 Å². The first kappa shape index (κ1) is 17.5. The standard InChI is InChI=1S/C12H27O3PS/c1-5-9-10-11(6-2)12(7-3,8-4)15-16(13,14)17/h11H,5-10H2,1-4H3,(H2,13,14,17). The molecule has 17 heavy (non-hydrogen) atoms. The van der Waals surface area contributed by atoms with Gasteiger partial charge in [-0.15, -0.1) is 0 Å². The van der Waals surface area contributed by atoms with Gasteiger partial charge in [0.15, 0.2) is 0 Å². The lowest BCUT2D eigenvalue weighted by atomic mass is 9.78. The Morgan fingerprint density at radius 1 is 1.18 bits per heavy atom. The van der Waals surface area contributed by atoms with Crippen molar-refractivity contribution < 1.29 is 14.3 Å². The van der Waals surface area contributed by atoms with E-state index in [2.05, 4.69) is 25.7 Å². The maximum atomic E-state index is 9.44. The van der Waals surface area contributed by atoms with Gasteiger partial charge in [0, 0.05) is 0 Å². The molecular weight excluding hydrogens is 255 g/mol. The van der Waals surface area contributed by atoms with Crippen LogP contribution < -0.4 is 0 Å². The van der Waals surface area contributed by atoms with E-state index in [1.807, 2.05) is 13.8 Å². The Labute approximate surface area is 111 Å². The average Bonchev–Trinajstić information content (AvgIpc) is 2.26. The summed E-state index contributed by atoms with van der Waals surface area (Å²) in [4.78, 5) is 18.9. The van der Waals surface area contributed by atoms with Crippen molar-refractivity contribution in [2.75, 3.05) is 0 Å². The highest BCUT2D eigenvalue weighted by molar-refractivity contribution is 8.06. The SMILES string of the molecule is CCCCC(CC)C(CC)(CC)OP(O)(O)=S. The molecule has 0 radical (unpaired) electrons. The second-order valence-electron chi connectivity index (χ2n) is 4.60. The summed E-state index contributed by atoms with van der Waals surface area (Å²) >= 11 is 4.65. The Balaban J connectivity index is 4.93. The maximum absolute atomic E-state index is 9.44. The Hall–Kier alpha value is 0.530. The molecule has 0 rings (SSSR count). The zero-order chi connectivity index (χ0) is 13.5. The second-order valence-corrected chi connectivity index (χ2v) is 7.19. The molecule has 0 saturated heterocycles. The van der Waals surface area contributed by atoms with E-state index >= 15 is 0 Å². The van der Waals surface area contributed by atoms with Gasteiger partial charge >= 0.3 is 6.72 Å². The fraction of sp³-hybridized carbons (Fsp3) is 1.00. The fourth-order valence-corrected chi connectivity index (χ4v) is 3.88. The molecule has 0 saturated carbocycles. The topological polar surface area (TPSA) is 49.7 Å². The molecule has 3 nitrogen and oxygen atoms in total. The largest absolute Gasteiger partial charge is 0.325 e. The summed E-state index contributed by atoms with van der Waals surface area (Å²) in [6, 6.07) is 0. The Morgan fingerprint density at radius 3 is 2.00 bits per heavy atom. The van der Waals surface area contributed by atoms with Gasteiger partial charge in [0.05, 0.1) is 5.60 Å². The van der Waals surface area contributed by atoms with Crippen molar-refractivity contribution >= 4 is 18.5 Å². The van der Waals surface area contributed by atoms with E-state index in [9.17, 15) is 9.79 Å². The van der Waals surface area contributed by atoms with E-state index in [4.69, 9.17) is 4.52 Å². The summed E-state index contributed by atoms with van der Waals surface area (Å²) in [5.74, 6) is 0.346. The second kappa shape index (κ2) is 7.85. The molecule has 104 valence electrons. The van der Waals surface area contributed by atoms with Crippen LogP contribution in [0.1, 0.15) is 66.2 Å². The van der Waals surface area contributed by atoms with Gasteiger partial charge in [-0.2, -0.15) is 0 Å². The molecular formula is C12H27O3PS. The molecule has 0 aromatic carbocycles. The summed E-state index contributed by atoms with van der Waals surface area (Å²) in [6.45, 7) is 4.76. The highest BCUT2D eigenvalue weighted by Crippen LogP contribution is 2.48. The van der Waals surface area contributed by atoms with E-state index < -0.39 is 12.3 Å². The number of unbranched alkanes of at least 4 members (excludes halogenated alkanes) is 1. The first-order valence-corrected chi connectivity index (χ1v) is 9.24. The number of hydrogen-bond donors (Lipinski definition) is 2. The van der Waals surface area contributed by atoms with Gasteiger partial charge < -0.3 is 14.3 Å². The smallest absolute Gasteiger partial charge is 0.322 e. The van der Waals surface area contributed by atoms with Gasteiger partial charge in [-0.05, 0) is 37.0 Å². The van der Waals surface area contributed by atoms with E-state index in [0.717, 1.165) is 38.5 Å². The van der Waals surface area contributed by atoms with Crippen LogP contribution in [-0.4, -0.2) is 15.4 Å². The first-order chi connectivity index (χ1) is 7.85. The minimum absolute atomic E-state index is 0.346. The van der Waals surface area contributed by atoms with E-state index in [-0.39, 0.29) is 0 Å². The van der Waals surface area contributed by atoms with E-state index in [0.29, 0.717) is 5.92 Å². The quantitative estimate of drug-likeness (QED) is 0.628. The molecule has 5 heteroatoms. The van der Waals surface area contributed by atoms with Crippen molar-refractivity contribution in [2.24, 2.45) is 5.92 Å². The summed E-state index contributed by atoms with van der Waals surface area (Å²) in [5, 5.41) is 0. The Morgan fingerprint density at radius 2 is 1.71 bits per heavy atom. The molecule has 0 aliphatic rings. The van der Waals surface area contributed by atoms with Gasteiger partial charge in [0.2, 0.25) is 0 Å². The zero-order valence-electron chi connectivity index (χ0n) is 11.5. The normalized spacial score (nSPS) is 14.9. The van der Waals surface area contributed by atoms with Gasteiger partial charge in [-0.3, -0.25) is 0 Å². The third kappa shape index (κ3) is 5.80. The molecule has 0 aromatic rings. The van der Waals surface area contributed by atoms with Gasteiger partial charge in [-0.25, -0.2) is 0 Å². The van der Waals surface area contributed by atoms with Crippen LogP contribution in [-0.2, 0) is 16.3 Å². The van der Waals surface area contributed by atoms with Crippen LogP contribution in [0.15, 0.2) is 0 Å². The minimum atomic E-state index is -3.59.